The minimum atomic E-state index is -0.308. The van der Waals surface area contributed by atoms with E-state index in [1.807, 2.05) is 0 Å². The molecule has 0 fully saturated rings. The van der Waals surface area contributed by atoms with Crippen molar-refractivity contribution in [2.45, 2.75) is 0 Å². The van der Waals surface area contributed by atoms with Crippen molar-refractivity contribution in [1.29, 1.82) is 5.26 Å². The fourth-order valence-electron chi connectivity index (χ4n) is 1.82. The molecule has 0 N–H and O–H groups in total. The van der Waals surface area contributed by atoms with Crippen molar-refractivity contribution >= 4 is 21.9 Å². The Morgan fingerprint density at radius 1 is 1.00 bits per heavy atom. The molecular formula is C13H6FNO. The summed E-state index contributed by atoms with van der Waals surface area (Å²) in [5.74, 6) is -0.308. The molecule has 0 amide bonds. The van der Waals surface area contributed by atoms with Gasteiger partial charge in [0.1, 0.15) is 17.0 Å². The van der Waals surface area contributed by atoms with Gasteiger partial charge in [-0.25, -0.2) is 4.39 Å². The second kappa shape index (κ2) is 3.07. The lowest BCUT2D eigenvalue weighted by atomic mass is 10.1. The van der Waals surface area contributed by atoms with Crippen LogP contribution in [-0.4, -0.2) is 0 Å². The zero-order chi connectivity index (χ0) is 11.1. The average Bonchev–Trinajstić information content (AvgIpc) is 2.66. The Labute approximate surface area is 90.5 Å². The molecule has 0 aliphatic carbocycles. The Bertz CT molecular complexity index is 737. The topological polar surface area (TPSA) is 36.9 Å². The van der Waals surface area contributed by atoms with Crippen LogP contribution in [0.15, 0.2) is 40.8 Å². The van der Waals surface area contributed by atoms with E-state index in [4.69, 9.17) is 9.68 Å². The summed E-state index contributed by atoms with van der Waals surface area (Å²) in [7, 11) is 0. The third-order valence-corrected chi connectivity index (χ3v) is 2.56. The van der Waals surface area contributed by atoms with E-state index in [0.29, 0.717) is 22.1 Å². The molecule has 16 heavy (non-hydrogen) atoms. The Balaban J connectivity index is 2.50. The van der Waals surface area contributed by atoms with E-state index in [2.05, 4.69) is 6.07 Å². The number of nitrogens with zero attached hydrogens (tertiary/aromatic N) is 1. The number of benzene rings is 2. The van der Waals surface area contributed by atoms with Crippen LogP contribution < -0.4 is 0 Å². The van der Waals surface area contributed by atoms with Crippen molar-refractivity contribution in [1.82, 2.24) is 0 Å². The van der Waals surface area contributed by atoms with Crippen molar-refractivity contribution < 1.29 is 8.81 Å². The maximum Gasteiger partial charge on any atom is 0.135 e. The highest BCUT2D eigenvalue weighted by molar-refractivity contribution is 6.05. The quantitative estimate of drug-likeness (QED) is 0.569. The maximum absolute atomic E-state index is 13.1. The van der Waals surface area contributed by atoms with Crippen LogP contribution >= 0.6 is 0 Å². The Morgan fingerprint density at radius 3 is 2.44 bits per heavy atom. The zero-order valence-electron chi connectivity index (χ0n) is 8.20. The number of fused-ring (bicyclic) bond motifs is 3. The van der Waals surface area contributed by atoms with Gasteiger partial charge < -0.3 is 4.42 Å². The molecule has 0 unspecified atom stereocenters. The van der Waals surface area contributed by atoms with E-state index in [0.717, 1.165) is 5.39 Å². The van der Waals surface area contributed by atoms with Crippen LogP contribution in [0.4, 0.5) is 4.39 Å². The first-order chi connectivity index (χ1) is 7.78. The fourth-order valence-corrected chi connectivity index (χ4v) is 1.82. The molecule has 1 aromatic heterocycles. The van der Waals surface area contributed by atoms with E-state index in [1.165, 1.54) is 12.1 Å². The molecule has 0 aliphatic rings. The zero-order valence-corrected chi connectivity index (χ0v) is 8.20. The molecule has 2 nitrogen and oxygen atoms in total. The van der Waals surface area contributed by atoms with Crippen molar-refractivity contribution in [3.05, 3.63) is 47.8 Å². The summed E-state index contributed by atoms with van der Waals surface area (Å²) in [4.78, 5) is 0. The summed E-state index contributed by atoms with van der Waals surface area (Å²) in [6.45, 7) is 0. The molecule has 3 rings (SSSR count). The smallest absolute Gasteiger partial charge is 0.135 e. The van der Waals surface area contributed by atoms with E-state index in [-0.39, 0.29) is 5.82 Å². The van der Waals surface area contributed by atoms with E-state index in [1.54, 1.807) is 24.3 Å². The third kappa shape index (κ3) is 1.17. The van der Waals surface area contributed by atoms with Crippen LogP contribution in [-0.2, 0) is 0 Å². The van der Waals surface area contributed by atoms with Crippen molar-refractivity contribution in [3.63, 3.8) is 0 Å². The van der Waals surface area contributed by atoms with Gasteiger partial charge in [0.15, 0.2) is 0 Å². The van der Waals surface area contributed by atoms with Crippen LogP contribution in [0.1, 0.15) is 5.56 Å². The lowest BCUT2D eigenvalue weighted by Gasteiger charge is -1.90. The highest BCUT2D eigenvalue weighted by atomic mass is 19.1. The molecule has 0 atom stereocenters. The summed E-state index contributed by atoms with van der Waals surface area (Å²) in [5, 5.41) is 10.3. The van der Waals surface area contributed by atoms with Gasteiger partial charge in [-0.15, -0.1) is 0 Å². The molecule has 3 aromatic rings. The van der Waals surface area contributed by atoms with Crippen LogP contribution in [0.3, 0.4) is 0 Å². The predicted octanol–water partition coefficient (Wildman–Crippen LogP) is 3.60. The number of nitriles is 1. The highest BCUT2D eigenvalue weighted by Crippen LogP contribution is 2.29. The number of furan rings is 1. The van der Waals surface area contributed by atoms with Crippen molar-refractivity contribution in [2.75, 3.05) is 0 Å². The molecule has 2 aromatic carbocycles. The van der Waals surface area contributed by atoms with E-state index < -0.39 is 0 Å². The summed E-state index contributed by atoms with van der Waals surface area (Å²) in [6.07, 6.45) is 0. The van der Waals surface area contributed by atoms with Gasteiger partial charge in [0, 0.05) is 10.8 Å². The molecule has 0 saturated heterocycles. The first kappa shape index (κ1) is 8.93. The monoisotopic (exact) mass is 211 g/mol. The minimum absolute atomic E-state index is 0.308. The Morgan fingerprint density at radius 2 is 1.69 bits per heavy atom. The molecule has 0 saturated carbocycles. The second-order valence-corrected chi connectivity index (χ2v) is 3.57. The molecule has 3 heteroatoms. The van der Waals surface area contributed by atoms with Crippen LogP contribution in [0.25, 0.3) is 21.9 Å². The normalized spacial score (nSPS) is 10.8. The minimum Gasteiger partial charge on any atom is -0.456 e. The second-order valence-electron chi connectivity index (χ2n) is 3.57. The lowest BCUT2D eigenvalue weighted by Crippen LogP contribution is -1.74. The van der Waals surface area contributed by atoms with Crippen molar-refractivity contribution in [3.8, 4) is 6.07 Å². The molecule has 1 heterocycles. The summed E-state index contributed by atoms with van der Waals surface area (Å²) in [6, 6.07) is 11.5. The van der Waals surface area contributed by atoms with Crippen LogP contribution in [0.5, 0.6) is 0 Å². The number of hydrogen-bond donors (Lipinski definition) is 0. The maximum atomic E-state index is 13.1. The largest absolute Gasteiger partial charge is 0.456 e. The number of hydrogen-bond acceptors (Lipinski definition) is 2. The van der Waals surface area contributed by atoms with Crippen molar-refractivity contribution in [2.24, 2.45) is 0 Å². The fraction of sp³-hybridized carbons (Fsp3) is 0. The molecule has 0 radical (unpaired) electrons. The first-order valence-corrected chi connectivity index (χ1v) is 4.80. The van der Waals surface area contributed by atoms with Gasteiger partial charge in [-0.3, -0.25) is 0 Å². The Hall–Kier alpha value is -2.34. The molecule has 76 valence electrons. The summed E-state index contributed by atoms with van der Waals surface area (Å²) >= 11 is 0. The van der Waals surface area contributed by atoms with Crippen LogP contribution in [0, 0.1) is 17.1 Å². The van der Waals surface area contributed by atoms with Gasteiger partial charge in [-0.1, -0.05) is 0 Å². The van der Waals surface area contributed by atoms with E-state index in [9.17, 15) is 4.39 Å². The van der Waals surface area contributed by atoms with E-state index >= 15 is 0 Å². The third-order valence-electron chi connectivity index (χ3n) is 2.56. The Kier molecular flexibility index (Phi) is 1.72. The van der Waals surface area contributed by atoms with Crippen LogP contribution in [0.2, 0.25) is 0 Å². The highest BCUT2D eigenvalue weighted by Gasteiger charge is 2.08. The average molecular weight is 211 g/mol. The predicted molar refractivity (Wildman–Crippen MR) is 58.4 cm³/mol. The van der Waals surface area contributed by atoms with Gasteiger partial charge in [-0.05, 0) is 36.4 Å². The van der Waals surface area contributed by atoms with Gasteiger partial charge in [-0.2, -0.15) is 5.26 Å². The van der Waals surface area contributed by atoms with Gasteiger partial charge in [0.25, 0.3) is 0 Å². The molecule has 0 spiro atoms. The first-order valence-electron chi connectivity index (χ1n) is 4.80. The summed E-state index contributed by atoms with van der Waals surface area (Å²) < 4.78 is 18.6. The SMILES string of the molecule is N#Cc1ccc2oc3ccc(F)cc3c2c1. The lowest BCUT2D eigenvalue weighted by molar-refractivity contribution is 0.626. The molecular weight excluding hydrogens is 205 g/mol. The molecule has 0 aliphatic heterocycles. The van der Waals surface area contributed by atoms with Gasteiger partial charge in [0.05, 0.1) is 11.6 Å². The van der Waals surface area contributed by atoms with Gasteiger partial charge >= 0.3 is 0 Å². The standard InChI is InChI=1S/C13H6FNO/c14-9-2-4-13-11(6-9)10-5-8(7-15)1-3-12(10)16-13/h1-6H. The molecule has 0 bridgehead atoms. The van der Waals surface area contributed by atoms with Gasteiger partial charge in [0.2, 0.25) is 0 Å². The summed E-state index contributed by atoms with van der Waals surface area (Å²) in [5.41, 5.74) is 1.84. The number of halogens is 1. The number of rotatable bonds is 0.